The van der Waals surface area contributed by atoms with Gasteiger partial charge in [0.1, 0.15) is 0 Å². The van der Waals surface area contributed by atoms with Gasteiger partial charge in [0.15, 0.2) is 0 Å². The highest BCUT2D eigenvalue weighted by atomic mass is 16.3. The molecule has 0 aliphatic carbocycles. The third kappa shape index (κ3) is 4.53. The summed E-state index contributed by atoms with van der Waals surface area (Å²) in [6.45, 7) is 4.81. The van der Waals surface area contributed by atoms with Crippen LogP contribution in [0.15, 0.2) is 42.5 Å². The summed E-state index contributed by atoms with van der Waals surface area (Å²) in [6.07, 6.45) is 1.14. The van der Waals surface area contributed by atoms with Crippen LogP contribution in [0.25, 0.3) is 10.8 Å². The minimum absolute atomic E-state index is 0.443. The highest BCUT2D eigenvalue weighted by molar-refractivity contribution is 5.83. The van der Waals surface area contributed by atoms with Crippen molar-refractivity contribution in [3.63, 3.8) is 0 Å². The molecular formula is C18H25NO2. The van der Waals surface area contributed by atoms with Gasteiger partial charge in [0, 0.05) is 13.1 Å². The van der Waals surface area contributed by atoms with Crippen LogP contribution in [-0.2, 0) is 0 Å². The molecule has 2 aromatic rings. The Kier molecular flexibility index (Phi) is 5.34. The number of hydrogen-bond acceptors (Lipinski definition) is 3. The molecule has 0 amide bonds. The van der Waals surface area contributed by atoms with Gasteiger partial charge in [-0.15, -0.1) is 0 Å². The molecule has 2 aromatic carbocycles. The second-order valence-electron chi connectivity index (χ2n) is 6.00. The summed E-state index contributed by atoms with van der Waals surface area (Å²) in [5.41, 5.74) is 0.189. The minimum atomic E-state index is -0.710. The molecule has 0 saturated carbocycles. The van der Waals surface area contributed by atoms with Gasteiger partial charge in [0.25, 0.3) is 0 Å². The fourth-order valence-corrected chi connectivity index (χ4v) is 2.64. The maximum atomic E-state index is 10.3. The Morgan fingerprint density at radius 2 is 1.86 bits per heavy atom. The Morgan fingerprint density at radius 3 is 2.57 bits per heavy atom. The Balaban J connectivity index is 1.94. The van der Waals surface area contributed by atoms with Gasteiger partial charge in [-0.3, -0.25) is 0 Å². The number of hydrogen-bond donors (Lipinski definition) is 3. The normalized spacial score (nSPS) is 15.8. The van der Waals surface area contributed by atoms with Gasteiger partial charge >= 0.3 is 0 Å². The maximum Gasteiger partial charge on any atom is 0.0914 e. The highest BCUT2D eigenvalue weighted by Crippen LogP contribution is 2.20. The van der Waals surface area contributed by atoms with Gasteiger partial charge < -0.3 is 15.5 Å². The molecule has 2 rings (SSSR count). The molecule has 114 valence electrons. The molecular weight excluding hydrogens is 262 g/mol. The van der Waals surface area contributed by atoms with Crippen molar-refractivity contribution < 1.29 is 10.2 Å². The Labute approximate surface area is 126 Å². The van der Waals surface area contributed by atoms with Crippen LogP contribution in [0.2, 0.25) is 0 Å². The van der Waals surface area contributed by atoms with Crippen molar-refractivity contribution in [2.75, 3.05) is 13.1 Å². The van der Waals surface area contributed by atoms with Crippen LogP contribution in [0.4, 0.5) is 0 Å². The number of benzene rings is 2. The van der Waals surface area contributed by atoms with Crippen LogP contribution < -0.4 is 5.32 Å². The molecule has 0 aromatic heterocycles. The molecule has 3 N–H and O–H groups in total. The van der Waals surface area contributed by atoms with E-state index in [9.17, 15) is 10.2 Å². The molecule has 0 saturated heterocycles. The largest absolute Gasteiger partial charge is 0.389 e. The zero-order valence-electron chi connectivity index (χ0n) is 12.8. The van der Waals surface area contributed by atoms with Crippen LogP contribution in [0, 0.1) is 0 Å². The summed E-state index contributed by atoms with van der Waals surface area (Å²) in [7, 11) is 0. The third-order valence-electron chi connectivity index (χ3n) is 3.79. The van der Waals surface area contributed by atoms with Crippen molar-refractivity contribution in [1.82, 2.24) is 5.32 Å². The summed E-state index contributed by atoms with van der Waals surface area (Å²) in [5.74, 6) is 0. The molecule has 0 heterocycles. The predicted octanol–water partition coefficient (Wildman–Crippen LogP) is 3.01. The third-order valence-corrected chi connectivity index (χ3v) is 3.79. The SMILES string of the molecule is CCCC(C)(O)CNCC(O)c1ccc2ccccc2c1. The zero-order chi connectivity index (χ0) is 15.3. The van der Waals surface area contributed by atoms with Crippen molar-refractivity contribution in [3.8, 4) is 0 Å². The standard InChI is InChI=1S/C18H25NO2/c1-3-10-18(2,21)13-19-12-17(20)16-9-8-14-6-4-5-7-15(14)11-16/h4-9,11,17,19-21H,3,10,12-13H2,1-2H3. The van der Waals surface area contributed by atoms with Gasteiger partial charge in [-0.25, -0.2) is 0 Å². The van der Waals surface area contributed by atoms with E-state index in [2.05, 4.69) is 18.3 Å². The van der Waals surface area contributed by atoms with E-state index in [1.165, 1.54) is 5.39 Å². The van der Waals surface area contributed by atoms with Gasteiger partial charge in [-0.2, -0.15) is 0 Å². The highest BCUT2D eigenvalue weighted by Gasteiger charge is 2.19. The minimum Gasteiger partial charge on any atom is -0.389 e. The van der Waals surface area contributed by atoms with Crippen molar-refractivity contribution in [2.24, 2.45) is 0 Å². The molecule has 0 aliphatic rings. The molecule has 0 radical (unpaired) electrons. The van der Waals surface area contributed by atoms with Crippen molar-refractivity contribution in [1.29, 1.82) is 0 Å². The van der Waals surface area contributed by atoms with Crippen molar-refractivity contribution in [2.45, 2.75) is 38.4 Å². The second kappa shape index (κ2) is 7.03. The molecule has 3 nitrogen and oxygen atoms in total. The lowest BCUT2D eigenvalue weighted by molar-refractivity contribution is 0.0461. The quantitative estimate of drug-likeness (QED) is 0.734. The fraction of sp³-hybridized carbons (Fsp3) is 0.444. The molecule has 2 atom stereocenters. The predicted molar refractivity (Wildman–Crippen MR) is 87.3 cm³/mol. The first-order chi connectivity index (χ1) is 10.0. The molecule has 0 fully saturated rings. The second-order valence-corrected chi connectivity index (χ2v) is 6.00. The Hall–Kier alpha value is -1.42. The molecule has 3 heteroatoms. The van der Waals surface area contributed by atoms with E-state index < -0.39 is 11.7 Å². The Morgan fingerprint density at radius 1 is 1.14 bits per heavy atom. The average molecular weight is 287 g/mol. The molecule has 2 unspecified atom stereocenters. The lowest BCUT2D eigenvalue weighted by atomic mass is 10.00. The lowest BCUT2D eigenvalue weighted by Gasteiger charge is -2.24. The van der Waals surface area contributed by atoms with E-state index in [-0.39, 0.29) is 0 Å². The van der Waals surface area contributed by atoms with E-state index in [1.54, 1.807) is 0 Å². The number of rotatable bonds is 7. The van der Waals surface area contributed by atoms with Crippen LogP contribution in [0.5, 0.6) is 0 Å². The van der Waals surface area contributed by atoms with E-state index in [0.29, 0.717) is 13.1 Å². The first kappa shape index (κ1) is 16.0. The van der Waals surface area contributed by atoms with Crippen LogP contribution in [-0.4, -0.2) is 28.9 Å². The molecule has 21 heavy (non-hydrogen) atoms. The van der Waals surface area contributed by atoms with Gasteiger partial charge in [0.05, 0.1) is 11.7 Å². The first-order valence-corrected chi connectivity index (χ1v) is 7.62. The zero-order valence-corrected chi connectivity index (χ0v) is 12.8. The van der Waals surface area contributed by atoms with E-state index in [0.717, 1.165) is 23.8 Å². The lowest BCUT2D eigenvalue weighted by Crippen LogP contribution is -2.39. The van der Waals surface area contributed by atoms with Crippen LogP contribution in [0.3, 0.4) is 0 Å². The topological polar surface area (TPSA) is 52.5 Å². The van der Waals surface area contributed by atoms with Gasteiger partial charge in [-0.05, 0) is 35.7 Å². The smallest absolute Gasteiger partial charge is 0.0914 e. The Bertz CT molecular complexity index is 580. The number of aliphatic hydroxyl groups excluding tert-OH is 1. The first-order valence-electron chi connectivity index (χ1n) is 7.62. The number of aliphatic hydroxyl groups is 2. The number of nitrogens with one attached hydrogen (secondary N) is 1. The summed E-state index contributed by atoms with van der Waals surface area (Å²) >= 11 is 0. The van der Waals surface area contributed by atoms with Crippen LogP contribution >= 0.6 is 0 Å². The maximum absolute atomic E-state index is 10.3. The molecule has 0 bridgehead atoms. The number of fused-ring (bicyclic) bond motifs is 1. The van der Waals surface area contributed by atoms with E-state index in [4.69, 9.17) is 0 Å². The molecule has 0 spiro atoms. The summed E-state index contributed by atoms with van der Waals surface area (Å²) in [5, 5.41) is 25.8. The van der Waals surface area contributed by atoms with E-state index >= 15 is 0 Å². The van der Waals surface area contributed by atoms with Crippen molar-refractivity contribution in [3.05, 3.63) is 48.0 Å². The molecule has 0 aliphatic heterocycles. The fourth-order valence-electron chi connectivity index (χ4n) is 2.64. The van der Waals surface area contributed by atoms with Gasteiger partial charge in [-0.1, -0.05) is 49.7 Å². The van der Waals surface area contributed by atoms with Gasteiger partial charge in [0.2, 0.25) is 0 Å². The average Bonchev–Trinajstić information content (AvgIpc) is 2.46. The summed E-state index contributed by atoms with van der Waals surface area (Å²) in [4.78, 5) is 0. The van der Waals surface area contributed by atoms with Crippen LogP contribution in [0.1, 0.15) is 38.4 Å². The monoisotopic (exact) mass is 287 g/mol. The summed E-state index contributed by atoms with van der Waals surface area (Å²) in [6, 6.07) is 14.1. The van der Waals surface area contributed by atoms with E-state index in [1.807, 2.05) is 43.3 Å². The summed E-state index contributed by atoms with van der Waals surface area (Å²) < 4.78 is 0. The van der Waals surface area contributed by atoms with Crippen molar-refractivity contribution >= 4 is 10.8 Å².